The van der Waals surface area contributed by atoms with Gasteiger partial charge in [0.15, 0.2) is 5.69 Å². The molecule has 3 heterocycles. The molecule has 1 aliphatic rings. The van der Waals surface area contributed by atoms with Crippen LogP contribution in [0, 0.1) is 0 Å². The van der Waals surface area contributed by atoms with Gasteiger partial charge in [0, 0.05) is 37.6 Å². The van der Waals surface area contributed by atoms with Crippen molar-refractivity contribution in [3.63, 3.8) is 0 Å². The van der Waals surface area contributed by atoms with Crippen LogP contribution in [0.1, 0.15) is 35.1 Å². The maximum Gasteiger partial charge on any atom is 0.276 e. The summed E-state index contributed by atoms with van der Waals surface area (Å²) in [7, 11) is 0. The first-order valence-electron chi connectivity index (χ1n) is 7.79. The first kappa shape index (κ1) is 16.0. The molecule has 24 heavy (non-hydrogen) atoms. The van der Waals surface area contributed by atoms with Gasteiger partial charge in [0.05, 0.1) is 0 Å². The Morgan fingerprint density at radius 2 is 2.17 bits per heavy atom. The zero-order valence-corrected chi connectivity index (χ0v) is 13.1. The standard InChI is InChI=1S/C16H19N5O3/c17-13(23)10-20-8-6-19-15(20)11-3-2-7-21(9-11)16(24)14-12(22)4-1-5-18-14/h1,4-6,8,11,22H,2-3,7,9-10H2,(H2,17,23). The van der Waals surface area contributed by atoms with E-state index in [4.69, 9.17) is 5.73 Å². The first-order chi connectivity index (χ1) is 11.6. The molecule has 1 fully saturated rings. The van der Waals surface area contributed by atoms with Crippen LogP contribution in [0.25, 0.3) is 0 Å². The van der Waals surface area contributed by atoms with Crippen LogP contribution in [0.4, 0.5) is 0 Å². The van der Waals surface area contributed by atoms with Crippen LogP contribution in [0.15, 0.2) is 30.7 Å². The predicted octanol–water partition coefficient (Wildman–Crippen LogP) is 0.489. The van der Waals surface area contributed by atoms with Gasteiger partial charge in [-0.3, -0.25) is 9.59 Å². The van der Waals surface area contributed by atoms with Crippen molar-refractivity contribution < 1.29 is 14.7 Å². The Labute approximate surface area is 138 Å². The van der Waals surface area contributed by atoms with Crippen molar-refractivity contribution in [1.29, 1.82) is 0 Å². The van der Waals surface area contributed by atoms with Crippen LogP contribution in [0.2, 0.25) is 0 Å². The summed E-state index contributed by atoms with van der Waals surface area (Å²) >= 11 is 0. The molecule has 0 spiro atoms. The minimum Gasteiger partial charge on any atom is -0.505 e. The third-order valence-corrected chi connectivity index (χ3v) is 4.14. The van der Waals surface area contributed by atoms with Crippen molar-refractivity contribution in [3.8, 4) is 5.75 Å². The third-order valence-electron chi connectivity index (χ3n) is 4.14. The number of piperidine rings is 1. The van der Waals surface area contributed by atoms with E-state index in [-0.39, 0.29) is 29.8 Å². The number of nitrogens with zero attached hydrogens (tertiary/aromatic N) is 4. The smallest absolute Gasteiger partial charge is 0.276 e. The monoisotopic (exact) mass is 329 g/mol. The molecule has 8 heteroatoms. The third kappa shape index (κ3) is 3.22. The quantitative estimate of drug-likeness (QED) is 0.847. The van der Waals surface area contributed by atoms with Gasteiger partial charge in [-0.25, -0.2) is 9.97 Å². The number of rotatable bonds is 4. The van der Waals surface area contributed by atoms with E-state index >= 15 is 0 Å². The lowest BCUT2D eigenvalue weighted by Gasteiger charge is -2.32. The molecule has 1 unspecified atom stereocenters. The van der Waals surface area contributed by atoms with Crippen LogP contribution < -0.4 is 5.73 Å². The summed E-state index contributed by atoms with van der Waals surface area (Å²) < 4.78 is 1.72. The summed E-state index contributed by atoms with van der Waals surface area (Å²) in [6, 6.07) is 3.02. The highest BCUT2D eigenvalue weighted by Gasteiger charge is 2.29. The van der Waals surface area contributed by atoms with Gasteiger partial charge in [-0.05, 0) is 25.0 Å². The fourth-order valence-corrected chi connectivity index (χ4v) is 3.07. The SMILES string of the molecule is NC(=O)Cn1ccnc1C1CCCN(C(=O)c2ncccc2O)C1. The number of aromatic nitrogens is 3. The van der Waals surface area contributed by atoms with Crippen LogP contribution in [-0.2, 0) is 11.3 Å². The molecule has 8 nitrogen and oxygen atoms in total. The fourth-order valence-electron chi connectivity index (χ4n) is 3.07. The van der Waals surface area contributed by atoms with Crippen molar-refractivity contribution >= 4 is 11.8 Å². The van der Waals surface area contributed by atoms with Gasteiger partial charge in [-0.2, -0.15) is 0 Å². The molecular formula is C16H19N5O3. The second kappa shape index (κ2) is 6.69. The number of hydrogen-bond donors (Lipinski definition) is 2. The van der Waals surface area contributed by atoms with Crippen LogP contribution in [0.3, 0.4) is 0 Å². The molecule has 1 saturated heterocycles. The molecule has 2 aromatic rings. The topological polar surface area (TPSA) is 114 Å². The maximum absolute atomic E-state index is 12.6. The van der Waals surface area contributed by atoms with E-state index in [2.05, 4.69) is 9.97 Å². The van der Waals surface area contributed by atoms with Crippen molar-refractivity contribution in [1.82, 2.24) is 19.4 Å². The molecule has 0 aliphatic carbocycles. The minimum atomic E-state index is -0.434. The normalized spacial score (nSPS) is 17.7. The van der Waals surface area contributed by atoms with Gasteiger partial charge >= 0.3 is 0 Å². The van der Waals surface area contributed by atoms with Gasteiger partial charge in [-0.1, -0.05) is 0 Å². The van der Waals surface area contributed by atoms with E-state index in [0.29, 0.717) is 13.1 Å². The number of amides is 2. The van der Waals surface area contributed by atoms with Crippen molar-refractivity contribution in [2.24, 2.45) is 5.73 Å². The number of likely N-dealkylation sites (tertiary alicyclic amines) is 1. The van der Waals surface area contributed by atoms with Gasteiger partial charge in [0.1, 0.15) is 18.1 Å². The van der Waals surface area contributed by atoms with E-state index in [1.165, 1.54) is 12.3 Å². The van der Waals surface area contributed by atoms with Gasteiger partial charge in [0.2, 0.25) is 5.91 Å². The number of carbonyl (C=O) groups is 2. The Kier molecular flexibility index (Phi) is 4.45. The Hall–Kier alpha value is -2.90. The highest BCUT2D eigenvalue weighted by atomic mass is 16.3. The highest BCUT2D eigenvalue weighted by molar-refractivity contribution is 5.94. The van der Waals surface area contributed by atoms with Crippen molar-refractivity contribution in [2.75, 3.05) is 13.1 Å². The number of primary amides is 1. The van der Waals surface area contributed by atoms with E-state index in [0.717, 1.165) is 18.7 Å². The Morgan fingerprint density at radius 3 is 2.92 bits per heavy atom. The lowest BCUT2D eigenvalue weighted by Crippen LogP contribution is -2.40. The molecule has 0 bridgehead atoms. The molecule has 0 saturated carbocycles. The first-order valence-corrected chi connectivity index (χ1v) is 7.79. The van der Waals surface area contributed by atoms with Crippen LogP contribution in [0.5, 0.6) is 5.75 Å². The summed E-state index contributed by atoms with van der Waals surface area (Å²) in [5.41, 5.74) is 5.32. The Bertz CT molecular complexity index is 758. The molecule has 3 N–H and O–H groups in total. The maximum atomic E-state index is 12.6. The number of imidazole rings is 1. The van der Waals surface area contributed by atoms with E-state index in [1.807, 2.05) is 0 Å². The predicted molar refractivity (Wildman–Crippen MR) is 85.2 cm³/mol. The summed E-state index contributed by atoms with van der Waals surface area (Å²) in [6.45, 7) is 1.13. The lowest BCUT2D eigenvalue weighted by atomic mass is 9.96. The molecule has 126 valence electrons. The second-order valence-corrected chi connectivity index (χ2v) is 5.84. The van der Waals surface area contributed by atoms with Crippen LogP contribution >= 0.6 is 0 Å². The molecule has 2 aromatic heterocycles. The minimum absolute atomic E-state index is 0.0166. The number of nitrogens with two attached hydrogens (primary N) is 1. The number of pyridine rings is 1. The van der Waals surface area contributed by atoms with E-state index in [9.17, 15) is 14.7 Å². The molecule has 0 aromatic carbocycles. The summed E-state index contributed by atoms with van der Waals surface area (Å²) in [6.07, 6.45) is 6.50. The molecule has 1 aliphatic heterocycles. The lowest BCUT2D eigenvalue weighted by molar-refractivity contribution is -0.118. The second-order valence-electron chi connectivity index (χ2n) is 5.84. The van der Waals surface area contributed by atoms with E-state index in [1.54, 1.807) is 27.9 Å². The van der Waals surface area contributed by atoms with Gasteiger partial charge in [0.25, 0.3) is 5.91 Å². The van der Waals surface area contributed by atoms with Crippen molar-refractivity contribution in [3.05, 3.63) is 42.2 Å². The van der Waals surface area contributed by atoms with Gasteiger partial charge in [-0.15, -0.1) is 0 Å². The zero-order valence-electron chi connectivity index (χ0n) is 13.1. The molecule has 1 atom stereocenters. The average molecular weight is 329 g/mol. The molecule has 2 amide bonds. The number of carbonyl (C=O) groups excluding carboxylic acids is 2. The fraction of sp³-hybridized carbons (Fsp3) is 0.375. The van der Waals surface area contributed by atoms with E-state index < -0.39 is 5.91 Å². The number of aromatic hydroxyl groups is 1. The average Bonchev–Trinajstić information content (AvgIpc) is 3.02. The Morgan fingerprint density at radius 1 is 1.33 bits per heavy atom. The largest absolute Gasteiger partial charge is 0.505 e. The van der Waals surface area contributed by atoms with Crippen LogP contribution in [-0.4, -0.2) is 49.4 Å². The molecule has 0 radical (unpaired) electrons. The summed E-state index contributed by atoms with van der Waals surface area (Å²) in [4.78, 5) is 33.7. The zero-order chi connectivity index (χ0) is 17.1. The van der Waals surface area contributed by atoms with Gasteiger partial charge < -0.3 is 20.3 Å². The summed E-state index contributed by atoms with van der Waals surface area (Å²) in [5.74, 6) is -0.0958. The summed E-state index contributed by atoms with van der Waals surface area (Å²) in [5, 5.41) is 9.83. The number of hydrogen-bond acceptors (Lipinski definition) is 5. The molecule has 3 rings (SSSR count). The highest BCUT2D eigenvalue weighted by Crippen LogP contribution is 2.27. The Balaban J connectivity index is 1.78. The van der Waals surface area contributed by atoms with Crippen molar-refractivity contribution in [2.45, 2.75) is 25.3 Å². The molecular weight excluding hydrogens is 310 g/mol.